The second-order valence-electron chi connectivity index (χ2n) is 8.30. The molecule has 9 nitrogen and oxygen atoms in total. The first-order valence-corrected chi connectivity index (χ1v) is 11.8. The number of rotatable bonds is 9. The van der Waals surface area contributed by atoms with E-state index in [1.807, 2.05) is 51.4 Å². The Labute approximate surface area is 188 Å². The Morgan fingerprint density at radius 1 is 1.06 bits per heavy atom. The van der Waals surface area contributed by atoms with Gasteiger partial charge in [-0.15, -0.1) is 0 Å². The molecule has 0 radical (unpaired) electrons. The number of carbonyl (C=O) groups excluding carboxylic acids is 1. The normalized spacial score (nSPS) is 11.8. The smallest absolute Gasteiger partial charge is 0.333 e. The molecule has 1 heterocycles. The molecule has 0 bridgehead atoms. The third kappa shape index (κ3) is 6.86. The molecule has 2 aromatic rings. The fourth-order valence-electron chi connectivity index (χ4n) is 2.96. The average molecular weight is 467 g/mol. The Hall–Kier alpha value is -2.79. The monoisotopic (exact) mass is 466 g/mol. The van der Waals surface area contributed by atoms with Crippen molar-refractivity contribution in [1.29, 1.82) is 0 Å². The Morgan fingerprint density at radius 3 is 2.06 bits per heavy atom. The number of nitrogens with zero attached hydrogens (tertiary/aromatic N) is 3. The van der Waals surface area contributed by atoms with Crippen molar-refractivity contribution in [1.82, 2.24) is 19.6 Å². The minimum absolute atomic E-state index is 0.0870. The first-order chi connectivity index (χ1) is 14.9. The predicted octanol–water partition coefficient (Wildman–Crippen LogP) is 3.35. The number of benzene rings is 1. The van der Waals surface area contributed by atoms with Gasteiger partial charge in [0, 0.05) is 18.8 Å². The average Bonchev–Trinajstić information content (AvgIpc) is 2.68. The molecule has 176 valence electrons. The third-order valence-corrected chi connectivity index (χ3v) is 5.94. The van der Waals surface area contributed by atoms with Gasteiger partial charge in [-0.05, 0) is 49.2 Å². The van der Waals surface area contributed by atoms with Crippen LogP contribution < -0.4 is 15.4 Å². The molecule has 32 heavy (non-hydrogen) atoms. The van der Waals surface area contributed by atoms with E-state index in [0.717, 1.165) is 18.9 Å². The highest BCUT2D eigenvalue weighted by molar-refractivity contribution is 7.90. The summed E-state index contributed by atoms with van der Waals surface area (Å²) < 4.78 is 41.2. The number of hydrogen-bond donors (Lipinski definition) is 3. The van der Waals surface area contributed by atoms with Gasteiger partial charge in [-0.1, -0.05) is 27.7 Å². The van der Waals surface area contributed by atoms with Crippen LogP contribution in [0.25, 0.3) is 0 Å². The van der Waals surface area contributed by atoms with Crippen molar-refractivity contribution in [3.05, 3.63) is 41.5 Å². The van der Waals surface area contributed by atoms with Gasteiger partial charge in [-0.3, -0.25) is 0 Å². The first kappa shape index (κ1) is 25.5. The van der Waals surface area contributed by atoms with Gasteiger partial charge in [0.05, 0.1) is 12.4 Å². The van der Waals surface area contributed by atoms with Crippen molar-refractivity contribution < 1.29 is 17.6 Å². The lowest BCUT2D eigenvalue weighted by molar-refractivity contribution is 0.256. The molecule has 0 saturated heterocycles. The van der Waals surface area contributed by atoms with Gasteiger partial charge < -0.3 is 15.5 Å². The number of sulfonamides is 1. The lowest BCUT2D eigenvalue weighted by Gasteiger charge is -2.20. The van der Waals surface area contributed by atoms with Crippen LogP contribution in [0.4, 0.5) is 20.8 Å². The molecular formula is C21H31FN6O3S. The van der Waals surface area contributed by atoms with E-state index in [4.69, 9.17) is 0 Å². The number of anilines is 2. The summed E-state index contributed by atoms with van der Waals surface area (Å²) in [5.41, 5.74) is 1.57. The van der Waals surface area contributed by atoms with Crippen molar-refractivity contribution >= 4 is 27.7 Å². The molecule has 1 aromatic heterocycles. The summed E-state index contributed by atoms with van der Waals surface area (Å²) in [5.74, 6) is -0.302. The van der Waals surface area contributed by atoms with Gasteiger partial charge in [0.15, 0.2) is 0 Å². The quantitative estimate of drug-likeness (QED) is 0.519. The molecule has 1 aromatic carbocycles. The maximum Gasteiger partial charge on any atom is 0.333 e. The third-order valence-electron chi connectivity index (χ3n) is 4.65. The minimum atomic E-state index is -4.20. The summed E-state index contributed by atoms with van der Waals surface area (Å²) in [4.78, 5) is 22.2. The molecule has 0 unspecified atom stereocenters. The summed E-state index contributed by atoms with van der Waals surface area (Å²) in [6.07, 6.45) is 2.25. The van der Waals surface area contributed by atoms with E-state index in [9.17, 15) is 17.6 Å². The summed E-state index contributed by atoms with van der Waals surface area (Å²) in [6, 6.07) is 1.74. The highest BCUT2D eigenvalue weighted by atomic mass is 32.2. The largest absolute Gasteiger partial charge is 0.353 e. The fraction of sp³-hybridized carbons (Fsp3) is 0.476. The molecule has 0 aliphatic rings. The Morgan fingerprint density at radius 2 is 1.59 bits per heavy atom. The molecular weight excluding hydrogens is 435 g/mol. The van der Waals surface area contributed by atoms with Gasteiger partial charge in [0.2, 0.25) is 5.95 Å². The van der Waals surface area contributed by atoms with Crippen molar-refractivity contribution in [2.75, 3.05) is 37.8 Å². The van der Waals surface area contributed by atoms with Crippen molar-refractivity contribution in [2.24, 2.45) is 0 Å². The summed E-state index contributed by atoms with van der Waals surface area (Å²) >= 11 is 0. The zero-order chi connectivity index (χ0) is 24.1. The molecule has 0 saturated carbocycles. The number of halogens is 1. The lowest BCUT2D eigenvalue weighted by Crippen LogP contribution is -2.35. The van der Waals surface area contributed by atoms with Crippen LogP contribution in [0.15, 0.2) is 29.4 Å². The standard InChI is InChI=1S/C21H31FN6O3S/c1-13(2)17-9-15(22)10-18(14(3)4)19(17)26-21(29)27-32(30,31)16-11-24-20(25-12-16)23-7-8-28(5)6/h9-14H,7-8H2,1-6H3,(H,23,24,25)(H2,26,27,29). The number of aromatic nitrogens is 2. The van der Waals surface area contributed by atoms with E-state index in [1.165, 1.54) is 12.1 Å². The molecule has 0 spiro atoms. The molecule has 0 aliphatic heterocycles. The maximum atomic E-state index is 14.1. The molecule has 0 fully saturated rings. The molecule has 11 heteroatoms. The van der Waals surface area contributed by atoms with Crippen LogP contribution in [0.3, 0.4) is 0 Å². The van der Waals surface area contributed by atoms with Crippen LogP contribution in [0.1, 0.15) is 50.7 Å². The van der Waals surface area contributed by atoms with Crippen molar-refractivity contribution in [3.8, 4) is 0 Å². The molecule has 0 atom stereocenters. The molecule has 3 N–H and O–H groups in total. The van der Waals surface area contributed by atoms with Crippen LogP contribution >= 0.6 is 0 Å². The molecule has 0 aliphatic carbocycles. The Bertz CT molecular complexity index is 1010. The van der Waals surface area contributed by atoms with Crippen molar-refractivity contribution in [3.63, 3.8) is 0 Å². The lowest BCUT2D eigenvalue weighted by atomic mass is 9.92. The van der Waals surface area contributed by atoms with E-state index in [2.05, 4.69) is 20.6 Å². The van der Waals surface area contributed by atoms with E-state index in [0.29, 0.717) is 23.4 Å². The topological polar surface area (TPSA) is 116 Å². The van der Waals surface area contributed by atoms with Gasteiger partial charge >= 0.3 is 6.03 Å². The maximum absolute atomic E-state index is 14.1. The highest BCUT2D eigenvalue weighted by Crippen LogP contribution is 2.33. The SMILES string of the molecule is CC(C)c1cc(F)cc(C(C)C)c1NC(=O)NS(=O)(=O)c1cnc(NCCN(C)C)nc1. The van der Waals surface area contributed by atoms with Crippen LogP contribution in [0, 0.1) is 5.82 Å². The number of likely N-dealkylation sites (N-methyl/N-ethyl adjacent to an activating group) is 1. The van der Waals surface area contributed by atoms with E-state index >= 15 is 0 Å². The van der Waals surface area contributed by atoms with Crippen LogP contribution in [0.2, 0.25) is 0 Å². The van der Waals surface area contributed by atoms with Crippen LogP contribution in [-0.4, -0.2) is 56.5 Å². The zero-order valence-electron chi connectivity index (χ0n) is 19.2. The number of carbonyl (C=O) groups is 1. The number of amides is 2. The zero-order valence-corrected chi connectivity index (χ0v) is 20.0. The molecule has 2 amide bonds. The van der Waals surface area contributed by atoms with E-state index in [1.54, 1.807) is 0 Å². The number of nitrogens with one attached hydrogen (secondary N) is 3. The minimum Gasteiger partial charge on any atom is -0.353 e. The second kappa shape index (κ2) is 10.7. The Balaban J connectivity index is 2.17. The van der Waals surface area contributed by atoms with Gasteiger partial charge in [-0.25, -0.2) is 32.3 Å². The van der Waals surface area contributed by atoms with Crippen LogP contribution in [-0.2, 0) is 10.0 Å². The summed E-state index contributed by atoms with van der Waals surface area (Å²) in [6.45, 7) is 8.81. The molecule has 2 rings (SSSR count). The highest BCUT2D eigenvalue weighted by Gasteiger charge is 2.22. The van der Waals surface area contributed by atoms with Gasteiger partial charge in [0.1, 0.15) is 10.7 Å². The van der Waals surface area contributed by atoms with Crippen LogP contribution in [0.5, 0.6) is 0 Å². The Kier molecular flexibility index (Phi) is 8.51. The summed E-state index contributed by atoms with van der Waals surface area (Å²) in [7, 11) is -0.350. The van der Waals surface area contributed by atoms with E-state index in [-0.39, 0.29) is 22.7 Å². The van der Waals surface area contributed by atoms with Crippen molar-refractivity contribution in [2.45, 2.75) is 44.4 Å². The number of hydrogen-bond acceptors (Lipinski definition) is 7. The predicted molar refractivity (Wildman–Crippen MR) is 123 cm³/mol. The number of urea groups is 1. The fourth-order valence-corrected chi connectivity index (χ4v) is 3.76. The van der Waals surface area contributed by atoms with E-state index < -0.39 is 21.9 Å². The first-order valence-electron chi connectivity index (χ1n) is 10.3. The van der Waals surface area contributed by atoms with Gasteiger partial charge in [-0.2, -0.15) is 0 Å². The van der Waals surface area contributed by atoms with Gasteiger partial charge in [0.25, 0.3) is 10.0 Å². The second-order valence-corrected chi connectivity index (χ2v) is 9.98. The summed E-state index contributed by atoms with van der Waals surface area (Å²) in [5, 5.41) is 5.57.